The van der Waals surface area contributed by atoms with Gasteiger partial charge >= 0.3 is 190 Å². The summed E-state index contributed by atoms with van der Waals surface area (Å²) in [6, 6.07) is 22.0. The van der Waals surface area contributed by atoms with Gasteiger partial charge in [-0.3, -0.25) is 0 Å². The molecule has 0 aromatic heterocycles. The number of hydrogen-bond donors (Lipinski definition) is 0. The Morgan fingerprint density at radius 1 is 0.828 bits per heavy atom. The summed E-state index contributed by atoms with van der Waals surface area (Å²) in [4.78, 5) is 0. The van der Waals surface area contributed by atoms with Crippen LogP contribution in [0, 0.1) is 19.8 Å². The molecule has 0 heterocycles. The summed E-state index contributed by atoms with van der Waals surface area (Å²) in [6.07, 6.45) is 2.38. The number of hydrogen-bond acceptors (Lipinski definition) is 0. The summed E-state index contributed by atoms with van der Waals surface area (Å²) < 4.78 is 0.241. The molecular formula is C26H25Cl2Zr. The van der Waals surface area contributed by atoms with Crippen molar-refractivity contribution in [3.8, 4) is 22.3 Å². The number of allylic oxidation sites excluding steroid dienone is 1. The van der Waals surface area contributed by atoms with E-state index in [1.54, 1.807) is 0 Å². The van der Waals surface area contributed by atoms with Crippen molar-refractivity contribution in [3.63, 3.8) is 0 Å². The van der Waals surface area contributed by atoms with Gasteiger partial charge in [0.1, 0.15) is 0 Å². The first-order valence-corrected chi connectivity index (χ1v) is 17.8. The fraction of sp³-hybridized carbons (Fsp3) is 0.231. The zero-order valence-corrected chi connectivity index (χ0v) is 21.2. The van der Waals surface area contributed by atoms with Gasteiger partial charge in [-0.05, 0) is 0 Å². The first-order chi connectivity index (χ1) is 13.9. The third-order valence-electron chi connectivity index (χ3n) is 5.71. The number of aryl methyl sites for hydroxylation is 2. The Kier molecular flexibility index (Phi) is 6.22. The molecule has 0 N–H and O–H groups in total. The van der Waals surface area contributed by atoms with Gasteiger partial charge < -0.3 is 0 Å². The monoisotopic (exact) mass is 497 g/mol. The summed E-state index contributed by atoms with van der Waals surface area (Å²) >= 11 is -2.53. The second-order valence-electron chi connectivity index (χ2n) is 8.26. The van der Waals surface area contributed by atoms with Gasteiger partial charge in [0.25, 0.3) is 0 Å². The molecule has 0 amide bonds. The molecule has 0 nitrogen and oxygen atoms in total. The van der Waals surface area contributed by atoms with Crippen molar-refractivity contribution in [1.82, 2.24) is 0 Å². The van der Waals surface area contributed by atoms with Crippen molar-refractivity contribution >= 4 is 23.1 Å². The van der Waals surface area contributed by atoms with Gasteiger partial charge in [0.2, 0.25) is 0 Å². The van der Waals surface area contributed by atoms with E-state index < -0.39 is 19.4 Å². The normalized spacial score (nSPS) is 15.4. The third kappa shape index (κ3) is 4.07. The minimum absolute atomic E-state index is 0.241. The molecule has 0 saturated carbocycles. The van der Waals surface area contributed by atoms with Crippen LogP contribution in [-0.4, -0.2) is 0 Å². The molecule has 0 radical (unpaired) electrons. The van der Waals surface area contributed by atoms with Crippen LogP contribution in [0.3, 0.4) is 0 Å². The maximum absolute atomic E-state index is 6.68. The Morgan fingerprint density at radius 2 is 1.48 bits per heavy atom. The summed E-state index contributed by atoms with van der Waals surface area (Å²) in [5, 5.41) is 0. The molecule has 147 valence electrons. The van der Waals surface area contributed by atoms with Crippen molar-refractivity contribution in [2.75, 3.05) is 0 Å². The molecular weight excluding hydrogens is 474 g/mol. The van der Waals surface area contributed by atoms with Crippen LogP contribution >= 0.6 is 17.0 Å². The zero-order chi connectivity index (χ0) is 20.7. The molecule has 4 rings (SSSR count). The maximum atomic E-state index is 6.68. The molecule has 1 aliphatic carbocycles. The summed E-state index contributed by atoms with van der Waals surface area (Å²) in [5.41, 5.74) is 11.7. The Balaban J connectivity index is 2.06. The molecule has 3 heteroatoms. The molecule has 3 aromatic carbocycles. The van der Waals surface area contributed by atoms with Crippen LogP contribution in [-0.2, 0) is 19.4 Å². The van der Waals surface area contributed by atoms with Gasteiger partial charge in [0, 0.05) is 0 Å². The fourth-order valence-electron chi connectivity index (χ4n) is 4.50. The van der Waals surface area contributed by atoms with E-state index in [1.807, 2.05) is 0 Å². The second kappa shape index (κ2) is 8.54. The predicted octanol–water partition coefficient (Wildman–Crippen LogP) is 8.66. The molecule has 1 aliphatic rings. The quantitative estimate of drug-likeness (QED) is 0.337. The summed E-state index contributed by atoms with van der Waals surface area (Å²) in [6.45, 7) is 8.84. The van der Waals surface area contributed by atoms with Crippen molar-refractivity contribution < 1.29 is 19.4 Å². The first kappa shape index (κ1) is 21.1. The SMILES string of the molecule is Cc1cc(C)cc(-c2c(-c3ccccc3)ccc3c2C=C(C(C)C)[CH]3[Zr]([Cl])[Cl])c1. The van der Waals surface area contributed by atoms with E-state index >= 15 is 0 Å². The zero-order valence-electron chi connectivity index (χ0n) is 17.3. The van der Waals surface area contributed by atoms with Gasteiger partial charge in [0.15, 0.2) is 0 Å². The second-order valence-corrected chi connectivity index (χ2v) is 17.1. The van der Waals surface area contributed by atoms with Crippen LogP contribution < -0.4 is 0 Å². The van der Waals surface area contributed by atoms with Crippen LogP contribution in [0.4, 0.5) is 0 Å². The summed E-state index contributed by atoms with van der Waals surface area (Å²) in [7, 11) is 13.4. The number of halogens is 2. The Labute approximate surface area is 189 Å². The molecule has 0 spiro atoms. The molecule has 3 aromatic rings. The molecule has 0 fully saturated rings. The van der Waals surface area contributed by atoms with Crippen molar-refractivity contribution in [2.24, 2.45) is 5.92 Å². The Bertz CT molecular complexity index is 1060. The molecule has 1 unspecified atom stereocenters. The third-order valence-corrected chi connectivity index (χ3v) is 11.0. The van der Waals surface area contributed by atoms with Crippen LogP contribution in [0.25, 0.3) is 28.3 Å². The van der Waals surface area contributed by atoms with Gasteiger partial charge in [-0.15, -0.1) is 0 Å². The van der Waals surface area contributed by atoms with Crippen LogP contribution in [0.15, 0.2) is 66.2 Å². The van der Waals surface area contributed by atoms with E-state index in [4.69, 9.17) is 17.0 Å². The van der Waals surface area contributed by atoms with Gasteiger partial charge in [0.05, 0.1) is 0 Å². The van der Waals surface area contributed by atoms with E-state index in [-0.39, 0.29) is 3.63 Å². The standard InChI is InChI=1S/C26H25.2ClH.Zr/c1-17(2)22-15-21-10-11-24(20-8-6-5-7-9-20)26(25(21)16-22)23-13-18(3)12-19(4)14-23;;;/h5-17H,1-4H3;2*1H;/q;;;+2/p-2. The number of rotatable bonds is 4. The number of benzene rings is 3. The molecule has 0 bridgehead atoms. The van der Waals surface area contributed by atoms with Gasteiger partial charge in [-0.2, -0.15) is 0 Å². The van der Waals surface area contributed by atoms with E-state index in [0.29, 0.717) is 5.92 Å². The van der Waals surface area contributed by atoms with Crippen LogP contribution in [0.1, 0.15) is 39.7 Å². The Morgan fingerprint density at radius 3 is 2.07 bits per heavy atom. The van der Waals surface area contributed by atoms with E-state index in [9.17, 15) is 0 Å². The topological polar surface area (TPSA) is 0 Å². The van der Waals surface area contributed by atoms with Gasteiger partial charge in [-0.25, -0.2) is 0 Å². The first-order valence-electron chi connectivity index (χ1n) is 10.1. The Hall–Kier alpha value is -1.14. The van der Waals surface area contributed by atoms with E-state index in [1.165, 1.54) is 50.1 Å². The average molecular weight is 500 g/mol. The van der Waals surface area contributed by atoms with E-state index in [2.05, 4.69) is 94.4 Å². The molecule has 0 aliphatic heterocycles. The molecule has 1 atom stereocenters. The minimum atomic E-state index is -2.53. The fourth-order valence-corrected chi connectivity index (χ4v) is 10.2. The van der Waals surface area contributed by atoms with Crippen LogP contribution in [0.5, 0.6) is 0 Å². The summed E-state index contributed by atoms with van der Waals surface area (Å²) in [5.74, 6) is 0.438. The number of fused-ring (bicyclic) bond motifs is 1. The molecule has 0 saturated heterocycles. The predicted molar refractivity (Wildman–Crippen MR) is 124 cm³/mol. The van der Waals surface area contributed by atoms with Crippen LogP contribution in [0.2, 0.25) is 0 Å². The van der Waals surface area contributed by atoms with Crippen molar-refractivity contribution in [2.45, 2.75) is 31.3 Å². The van der Waals surface area contributed by atoms with Crippen molar-refractivity contribution in [3.05, 3.63) is 88.5 Å². The average Bonchev–Trinajstić information content (AvgIpc) is 3.07. The van der Waals surface area contributed by atoms with E-state index in [0.717, 1.165) is 0 Å². The van der Waals surface area contributed by atoms with Gasteiger partial charge in [-0.1, -0.05) is 0 Å². The van der Waals surface area contributed by atoms with Crippen molar-refractivity contribution in [1.29, 1.82) is 0 Å². The molecule has 29 heavy (non-hydrogen) atoms.